The monoisotopic (exact) mass is 232 g/mol. The van der Waals surface area contributed by atoms with Gasteiger partial charge < -0.3 is 10.2 Å². The molecule has 0 spiro atoms. The van der Waals surface area contributed by atoms with E-state index in [1.165, 1.54) is 5.56 Å². The van der Waals surface area contributed by atoms with Gasteiger partial charge in [-0.1, -0.05) is 24.3 Å². The third kappa shape index (κ3) is 3.30. The number of hydrogen-bond acceptors (Lipinski definition) is 2. The van der Waals surface area contributed by atoms with E-state index < -0.39 is 0 Å². The Morgan fingerprint density at radius 2 is 2.24 bits per heavy atom. The van der Waals surface area contributed by atoms with Crippen LogP contribution >= 0.6 is 0 Å². The Morgan fingerprint density at radius 1 is 1.47 bits per heavy atom. The van der Waals surface area contributed by atoms with E-state index in [1.807, 2.05) is 31.2 Å². The van der Waals surface area contributed by atoms with Crippen LogP contribution in [0.2, 0.25) is 0 Å². The first-order valence-corrected chi connectivity index (χ1v) is 6.17. The highest BCUT2D eigenvalue weighted by atomic mass is 16.1. The van der Waals surface area contributed by atoms with Crippen LogP contribution in [-0.2, 0) is 11.2 Å². The fourth-order valence-electron chi connectivity index (χ4n) is 2.31. The van der Waals surface area contributed by atoms with Gasteiger partial charge in [0.1, 0.15) is 0 Å². The van der Waals surface area contributed by atoms with Crippen molar-refractivity contribution < 1.29 is 4.79 Å². The average molecular weight is 232 g/mol. The molecule has 2 rings (SSSR count). The van der Waals surface area contributed by atoms with Gasteiger partial charge in [-0.2, -0.15) is 0 Å². The zero-order valence-corrected chi connectivity index (χ0v) is 10.6. The highest BCUT2D eigenvalue weighted by Gasteiger charge is 2.20. The number of nitrogens with one attached hydrogen (secondary N) is 1. The first kappa shape index (κ1) is 12.1. The Balaban J connectivity index is 1.87. The molecule has 1 aromatic rings. The van der Waals surface area contributed by atoms with Gasteiger partial charge in [-0.25, -0.2) is 0 Å². The first-order chi connectivity index (χ1) is 8.15. The molecule has 92 valence electrons. The summed E-state index contributed by atoms with van der Waals surface area (Å²) in [5.41, 5.74) is 2.31. The Labute approximate surface area is 103 Å². The van der Waals surface area contributed by atoms with E-state index in [-0.39, 0.29) is 5.91 Å². The van der Waals surface area contributed by atoms with E-state index in [4.69, 9.17) is 0 Å². The number of amides is 1. The maximum absolute atomic E-state index is 11.9. The number of rotatable bonds is 3. The number of likely N-dealkylation sites (N-methyl/N-ethyl adjacent to an activating group) is 1. The van der Waals surface area contributed by atoms with Crippen molar-refractivity contribution in [3.8, 4) is 0 Å². The standard InChI is InChI=1S/C14H20N2O/c1-11-5-3-4-6-12(11)9-14(17)15-13-7-8-16(2)10-13/h3-6,13H,7-10H2,1-2H3,(H,15,17). The minimum absolute atomic E-state index is 0.139. The van der Waals surface area contributed by atoms with Crippen molar-refractivity contribution in [2.24, 2.45) is 0 Å². The van der Waals surface area contributed by atoms with Gasteiger partial charge in [-0.05, 0) is 38.1 Å². The van der Waals surface area contributed by atoms with Gasteiger partial charge in [-0.3, -0.25) is 4.79 Å². The molecule has 1 aliphatic heterocycles. The van der Waals surface area contributed by atoms with Crippen molar-refractivity contribution in [1.29, 1.82) is 0 Å². The Bertz CT molecular complexity index is 403. The van der Waals surface area contributed by atoms with E-state index in [2.05, 4.69) is 17.3 Å². The second kappa shape index (κ2) is 5.32. The van der Waals surface area contributed by atoms with Crippen LogP contribution in [0.5, 0.6) is 0 Å². The summed E-state index contributed by atoms with van der Waals surface area (Å²) in [6.45, 7) is 4.10. The summed E-state index contributed by atoms with van der Waals surface area (Å²) >= 11 is 0. The summed E-state index contributed by atoms with van der Waals surface area (Å²) in [4.78, 5) is 14.1. The van der Waals surface area contributed by atoms with Gasteiger partial charge in [0.15, 0.2) is 0 Å². The number of aryl methyl sites for hydroxylation is 1. The molecule has 0 aliphatic carbocycles. The van der Waals surface area contributed by atoms with Crippen molar-refractivity contribution in [2.45, 2.75) is 25.8 Å². The van der Waals surface area contributed by atoms with Crippen LogP contribution in [0.25, 0.3) is 0 Å². The van der Waals surface area contributed by atoms with Gasteiger partial charge in [0.25, 0.3) is 0 Å². The second-order valence-corrected chi connectivity index (χ2v) is 4.92. The minimum Gasteiger partial charge on any atom is -0.352 e. The van der Waals surface area contributed by atoms with E-state index in [9.17, 15) is 4.79 Å². The molecule has 1 aliphatic rings. The molecule has 3 heteroatoms. The van der Waals surface area contributed by atoms with Crippen molar-refractivity contribution in [3.05, 3.63) is 35.4 Å². The number of nitrogens with zero attached hydrogens (tertiary/aromatic N) is 1. The van der Waals surface area contributed by atoms with Crippen LogP contribution in [-0.4, -0.2) is 37.0 Å². The molecule has 1 heterocycles. The molecule has 3 nitrogen and oxygen atoms in total. The highest BCUT2D eigenvalue weighted by Crippen LogP contribution is 2.09. The summed E-state index contributed by atoms with van der Waals surface area (Å²) < 4.78 is 0. The predicted molar refractivity (Wildman–Crippen MR) is 68.9 cm³/mol. The Morgan fingerprint density at radius 3 is 2.88 bits per heavy atom. The van der Waals surface area contributed by atoms with Crippen LogP contribution < -0.4 is 5.32 Å². The first-order valence-electron chi connectivity index (χ1n) is 6.17. The molecule has 1 N–H and O–H groups in total. The zero-order valence-electron chi connectivity index (χ0n) is 10.6. The van der Waals surface area contributed by atoms with Gasteiger partial charge in [0.05, 0.1) is 6.42 Å². The molecule has 1 saturated heterocycles. The van der Waals surface area contributed by atoms with Crippen molar-refractivity contribution in [3.63, 3.8) is 0 Å². The highest BCUT2D eigenvalue weighted by molar-refractivity contribution is 5.79. The van der Waals surface area contributed by atoms with Crippen LogP contribution in [0, 0.1) is 6.92 Å². The zero-order chi connectivity index (χ0) is 12.3. The molecule has 1 fully saturated rings. The number of likely N-dealkylation sites (tertiary alicyclic amines) is 1. The molecular formula is C14H20N2O. The third-order valence-corrected chi connectivity index (χ3v) is 3.37. The maximum atomic E-state index is 11.9. The summed E-state index contributed by atoms with van der Waals surface area (Å²) in [5.74, 6) is 0.139. The average Bonchev–Trinajstić information content (AvgIpc) is 2.67. The lowest BCUT2D eigenvalue weighted by Gasteiger charge is -2.13. The normalized spacial score (nSPS) is 20.5. The summed E-state index contributed by atoms with van der Waals surface area (Å²) in [7, 11) is 2.09. The van der Waals surface area contributed by atoms with Crippen LogP contribution in [0.4, 0.5) is 0 Å². The van der Waals surface area contributed by atoms with Crippen molar-refractivity contribution >= 4 is 5.91 Å². The summed E-state index contributed by atoms with van der Waals surface area (Å²) in [5, 5.41) is 3.10. The Hall–Kier alpha value is -1.35. The maximum Gasteiger partial charge on any atom is 0.224 e. The van der Waals surface area contributed by atoms with Crippen LogP contribution in [0.1, 0.15) is 17.5 Å². The second-order valence-electron chi connectivity index (χ2n) is 4.92. The molecular weight excluding hydrogens is 212 g/mol. The lowest BCUT2D eigenvalue weighted by molar-refractivity contribution is -0.121. The molecule has 0 bridgehead atoms. The third-order valence-electron chi connectivity index (χ3n) is 3.37. The minimum atomic E-state index is 0.139. The smallest absolute Gasteiger partial charge is 0.224 e. The molecule has 1 amide bonds. The molecule has 17 heavy (non-hydrogen) atoms. The lowest BCUT2D eigenvalue weighted by Crippen LogP contribution is -2.37. The van der Waals surface area contributed by atoms with Crippen molar-refractivity contribution in [1.82, 2.24) is 10.2 Å². The van der Waals surface area contributed by atoms with E-state index in [0.29, 0.717) is 12.5 Å². The number of carbonyl (C=O) groups excluding carboxylic acids is 1. The quantitative estimate of drug-likeness (QED) is 0.853. The topological polar surface area (TPSA) is 32.3 Å². The number of carbonyl (C=O) groups is 1. The fourth-order valence-corrected chi connectivity index (χ4v) is 2.31. The number of hydrogen-bond donors (Lipinski definition) is 1. The molecule has 0 aromatic heterocycles. The largest absolute Gasteiger partial charge is 0.352 e. The van der Waals surface area contributed by atoms with Crippen LogP contribution in [0.3, 0.4) is 0 Å². The molecule has 1 atom stereocenters. The lowest BCUT2D eigenvalue weighted by atomic mass is 10.1. The van der Waals surface area contributed by atoms with Gasteiger partial charge in [0, 0.05) is 12.6 Å². The predicted octanol–water partition coefficient (Wildman–Crippen LogP) is 1.36. The molecule has 0 saturated carbocycles. The van der Waals surface area contributed by atoms with Crippen molar-refractivity contribution in [2.75, 3.05) is 20.1 Å². The van der Waals surface area contributed by atoms with Gasteiger partial charge >= 0.3 is 0 Å². The molecule has 1 aromatic carbocycles. The van der Waals surface area contributed by atoms with Crippen LogP contribution in [0.15, 0.2) is 24.3 Å². The fraction of sp³-hybridized carbons (Fsp3) is 0.500. The van der Waals surface area contributed by atoms with E-state index in [1.54, 1.807) is 0 Å². The van der Waals surface area contributed by atoms with E-state index in [0.717, 1.165) is 25.1 Å². The van der Waals surface area contributed by atoms with Gasteiger partial charge in [0.2, 0.25) is 5.91 Å². The summed E-state index contributed by atoms with van der Waals surface area (Å²) in [6, 6.07) is 8.39. The molecule has 0 radical (unpaired) electrons. The molecule has 1 unspecified atom stereocenters. The SMILES string of the molecule is Cc1ccccc1CC(=O)NC1CCN(C)C1. The number of benzene rings is 1. The van der Waals surface area contributed by atoms with E-state index >= 15 is 0 Å². The van der Waals surface area contributed by atoms with Gasteiger partial charge in [-0.15, -0.1) is 0 Å². The summed E-state index contributed by atoms with van der Waals surface area (Å²) in [6.07, 6.45) is 1.56. The Kier molecular flexibility index (Phi) is 3.79.